The third kappa shape index (κ3) is 1.93. The van der Waals surface area contributed by atoms with E-state index >= 15 is 0 Å². The molecule has 0 amide bonds. The van der Waals surface area contributed by atoms with E-state index in [2.05, 4.69) is 34.6 Å². The maximum atomic E-state index is 5.89. The van der Waals surface area contributed by atoms with E-state index in [1.54, 1.807) is 7.11 Å². The lowest BCUT2D eigenvalue weighted by Crippen LogP contribution is -1.91. The van der Waals surface area contributed by atoms with Crippen molar-refractivity contribution in [1.29, 1.82) is 0 Å². The second kappa shape index (κ2) is 4.63. The first-order chi connectivity index (χ1) is 10.3. The quantitative estimate of drug-likeness (QED) is 0.760. The molecule has 1 aliphatic heterocycles. The van der Waals surface area contributed by atoms with Crippen molar-refractivity contribution in [3.05, 3.63) is 35.9 Å². The van der Waals surface area contributed by atoms with Crippen LogP contribution in [0.3, 0.4) is 0 Å². The van der Waals surface area contributed by atoms with Gasteiger partial charge in [0.2, 0.25) is 0 Å². The number of thiazole rings is 1. The number of anilines is 2. The largest absolute Gasteiger partial charge is 0.494 e. The van der Waals surface area contributed by atoms with Crippen molar-refractivity contribution < 1.29 is 4.74 Å². The van der Waals surface area contributed by atoms with Gasteiger partial charge in [-0.1, -0.05) is 23.5 Å². The van der Waals surface area contributed by atoms with E-state index < -0.39 is 0 Å². The Hall–Kier alpha value is -2.27. The zero-order valence-electron chi connectivity index (χ0n) is 11.6. The Balaban J connectivity index is 1.94. The Labute approximate surface area is 126 Å². The van der Waals surface area contributed by atoms with Crippen LogP contribution in [0.2, 0.25) is 0 Å². The van der Waals surface area contributed by atoms with Crippen LogP contribution in [0.25, 0.3) is 21.3 Å². The van der Waals surface area contributed by atoms with Crippen LogP contribution < -0.4 is 15.8 Å². The van der Waals surface area contributed by atoms with E-state index in [9.17, 15) is 0 Å². The molecule has 0 aliphatic carbocycles. The van der Waals surface area contributed by atoms with Crippen molar-refractivity contribution in [3.63, 3.8) is 0 Å². The molecule has 0 saturated heterocycles. The summed E-state index contributed by atoms with van der Waals surface area (Å²) in [6.45, 7) is 1.02. The molecule has 1 aromatic heterocycles. The van der Waals surface area contributed by atoms with Crippen LogP contribution in [0.5, 0.6) is 5.75 Å². The van der Waals surface area contributed by atoms with E-state index in [4.69, 9.17) is 10.5 Å². The van der Waals surface area contributed by atoms with Crippen molar-refractivity contribution in [2.75, 3.05) is 24.7 Å². The molecular formula is C16H15N3OS. The molecule has 0 fully saturated rings. The first-order valence-corrected chi connectivity index (χ1v) is 7.68. The molecule has 5 heteroatoms. The number of hydrogen-bond acceptors (Lipinski definition) is 5. The van der Waals surface area contributed by atoms with Crippen LogP contribution in [-0.4, -0.2) is 18.6 Å². The Morgan fingerprint density at radius 2 is 2.19 bits per heavy atom. The van der Waals surface area contributed by atoms with E-state index in [1.807, 2.05) is 6.07 Å². The van der Waals surface area contributed by atoms with Crippen molar-refractivity contribution in [2.24, 2.45) is 0 Å². The molecule has 21 heavy (non-hydrogen) atoms. The highest BCUT2D eigenvalue weighted by Crippen LogP contribution is 2.40. The molecule has 2 heterocycles. The van der Waals surface area contributed by atoms with E-state index in [1.165, 1.54) is 28.2 Å². The van der Waals surface area contributed by atoms with Gasteiger partial charge in [0.05, 0.1) is 11.8 Å². The van der Waals surface area contributed by atoms with Gasteiger partial charge in [-0.3, -0.25) is 0 Å². The molecule has 2 aromatic carbocycles. The van der Waals surface area contributed by atoms with Gasteiger partial charge in [0.1, 0.15) is 11.3 Å². The number of nitrogens with zero attached hydrogens (tertiary/aromatic N) is 1. The van der Waals surface area contributed by atoms with Gasteiger partial charge in [-0.2, -0.15) is 0 Å². The number of hydrogen-bond donors (Lipinski definition) is 2. The molecule has 1 aliphatic rings. The number of fused-ring (bicyclic) bond motifs is 2. The van der Waals surface area contributed by atoms with Crippen LogP contribution in [-0.2, 0) is 6.42 Å². The summed E-state index contributed by atoms with van der Waals surface area (Å²) in [5.74, 6) is 0.765. The van der Waals surface area contributed by atoms with Gasteiger partial charge < -0.3 is 15.8 Å². The molecule has 106 valence electrons. The summed E-state index contributed by atoms with van der Waals surface area (Å²) in [7, 11) is 1.66. The number of benzene rings is 2. The summed E-state index contributed by atoms with van der Waals surface area (Å²) in [5.41, 5.74) is 11.7. The fourth-order valence-corrected chi connectivity index (χ4v) is 3.74. The molecule has 0 bridgehead atoms. The molecule has 4 nitrogen and oxygen atoms in total. The molecule has 0 spiro atoms. The number of aromatic nitrogens is 1. The highest BCUT2D eigenvalue weighted by molar-refractivity contribution is 7.22. The van der Waals surface area contributed by atoms with Crippen LogP contribution in [0.4, 0.5) is 10.8 Å². The lowest BCUT2D eigenvalue weighted by molar-refractivity contribution is 0.419. The minimum absolute atomic E-state index is 0.565. The van der Waals surface area contributed by atoms with Crippen LogP contribution in [0, 0.1) is 0 Å². The van der Waals surface area contributed by atoms with E-state index in [0.29, 0.717) is 5.13 Å². The Morgan fingerprint density at radius 3 is 3.05 bits per heavy atom. The molecule has 0 unspecified atom stereocenters. The smallest absolute Gasteiger partial charge is 0.181 e. The fraction of sp³-hybridized carbons (Fsp3) is 0.188. The number of rotatable bonds is 2. The number of methoxy groups -OCH3 is 1. The zero-order chi connectivity index (χ0) is 14.4. The van der Waals surface area contributed by atoms with Crippen molar-refractivity contribution in [2.45, 2.75) is 6.42 Å². The maximum absolute atomic E-state index is 5.89. The Kier molecular flexibility index (Phi) is 2.75. The summed E-state index contributed by atoms with van der Waals surface area (Å²) in [5, 5.41) is 3.99. The number of ether oxygens (including phenoxy) is 1. The third-order valence-electron chi connectivity index (χ3n) is 3.87. The van der Waals surface area contributed by atoms with Gasteiger partial charge in [-0.05, 0) is 35.7 Å². The van der Waals surface area contributed by atoms with Gasteiger partial charge in [0.25, 0.3) is 0 Å². The predicted octanol–water partition coefficient (Wildman–Crippen LogP) is 3.52. The minimum atomic E-state index is 0.565. The fourth-order valence-electron chi connectivity index (χ4n) is 2.85. The number of nitrogens with two attached hydrogens (primary N) is 1. The van der Waals surface area contributed by atoms with Gasteiger partial charge in [-0.25, -0.2) is 4.98 Å². The second-order valence-corrected chi connectivity index (χ2v) is 6.12. The standard InChI is InChI=1S/C16H15N3OS/c1-20-13-5-4-11(15-14(13)19-16(17)21-15)10-3-2-9-6-7-18-12(9)8-10/h2-5,8,18H,6-7H2,1H3,(H2,17,19). The Bertz CT molecular complexity index is 841. The van der Waals surface area contributed by atoms with Gasteiger partial charge in [0, 0.05) is 17.8 Å². The first-order valence-electron chi connectivity index (χ1n) is 6.86. The topological polar surface area (TPSA) is 60.2 Å². The molecule has 0 atom stereocenters. The lowest BCUT2D eigenvalue weighted by atomic mass is 10.0. The maximum Gasteiger partial charge on any atom is 0.181 e. The predicted molar refractivity (Wildman–Crippen MR) is 88.2 cm³/mol. The average molecular weight is 297 g/mol. The molecule has 4 rings (SSSR count). The summed E-state index contributed by atoms with van der Waals surface area (Å²) < 4.78 is 6.46. The Morgan fingerprint density at radius 1 is 1.29 bits per heavy atom. The SMILES string of the molecule is COc1ccc(-c2ccc3c(c2)NCC3)c2sc(N)nc12. The first kappa shape index (κ1) is 12.5. The molecule has 0 radical (unpaired) electrons. The number of nitrogens with one attached hydrogen (secondary N) is 1. The van der Waals surface area contributed by atoms with Gasteiger partial charge in [-0.15, -0.1) is 0 Å². The number of nitrogen functional groups attached to an aromatic ring is 1. The van der Waals surface area contributed by atoms with Crippen molar-refractivity contribution >= 4 is 32.4 Å². The normalized spacial score (nSPS) is 13.2. The molecule has 3 aromatic rings. The summed E-state index contributed by atoms with van der Waals surface area (Å²) in [4.78, 5) is 4.40. The summed E-state index contributed by atoms with van der Waals surface area (Å²) >= 11 is 1.50. The third-order valence-corrected chi connectivity index (χ3v) is 4.79. The van der Waals surface area contributed by atoms with Crippen molar-refractivity contribution in [3.8, 4) is 16.9 Å². The average Bonchev–Trinajstić information content (AvgIpc) is 3.10. The van der Waals surface area contributed by atoms with E-state index in [0.717, 1.165) is 34.5 Å². The second-order valence-electron chi connectivity index (χ2n) is 5.09. The minimum Gasteiger partial charge on any atom is -0.494 e. The molecule has 3 N–H and O–H groups in total. The zero-order valence-corrected chi connectivity index (χ0v) is 12.5. The highest BCUT2D eigenvalue weighted by Gasteiger charge is 2.15. The molecular weight excluding hydrogens is 282 g/mol. The van der Waals surface area contributed by atoms with Gasteiger partial charge >= 0.3 is 0 Å². The van der Waals surface area contributed by atoms with Crippen molar-refractivity contribution in [1.82, 2.24) is 4.98 Å². The van der Waals surface area contributed by atoms with Crippen LogP contribution >= 0.6 is 11.3 Å². The van der Waals surface area contributed by atoms with Crippen LogP contribution in [0.15, 0.2) is 30.3 Å². The van der Waals surface area contributed by atoms with Crippen LogP contribution in [0.1, 0.15) is 5.56 Å². The molecule has 0 saturated carbocycles. The van der Waals surface area contributed by atoms with Gasteiger partial charge in [0.15, 0.2) is 5.13 Å². The van der Waals surface area contributed by atoms with E-state index in [-0.39, 0.29) is 0 Å². The summed E-state index contributed by atoms with van der Waals surface area (Å²) in [6.07, 6.45) is 1.10. The highest BCUT2D eigenvalue weighted by atomic mass is 32.1. The monoisotopic (exact) mass is 297 g/mol. The lowest BCUT2D eigenvalue weighted by Gasteiger charge is -2.08. The summed E-state index contributed by atoms with van der Waals surface area (Å²) in [6, 6.07) is 10.6.